The lowest BCUT2D eigenvalue weighted by atomic mass is 10.1. The summed E-state index contributed by atoms with van der Waals surface area (Å²) in [7, 11) is 0. The van der Waals surface area contributed by atoms with Crippen LogP contribution in [0.2, 0.25) is 0 Å². The zero-order valence-corrected chi connectivity index (χ0v) is 13.9. The van der Waals surface area contributed by atoms with Crippen molar-refractivity contribution in [1.82, 2.24) is 10.3 Å². The molecule has 106 valence electrons. The second kappa shape index (κ2) is 5.80. The SMILES string of the molecule is Cc1cc(Br)cnc1N1CCCC1CNC(C)(C)C. The molecule has 1 aliphatic heterocycles. The maximum Gasteiger partial charge on any atom is 0.131 e. The number of pyridine rings is 1. The van der Waals surface area contributed by atoms with Gasteiger partial charge in [-0.15, -0.1) is 0 Å². The third-order valence-corrected chi connectivity index (χ3v) is 3.97. The van der Waals surface area contributed by atoms with Crippen LogP contribution in [0.3, 0.4) is 0 Å². The molecule has 1 N–H and O–H groups in total. The van der Waals surface area contributed by atoms with Crippen LogP contribution in [0.4, 0.5) is 5.82 Å². The van der Waals surface area contributed by atoms with Gasteiger partial charge in [0.1, 0.15) is 5.82 Å². The van der Waals surface area contributed by atoms with Gasteiger partial charge in [-0.25, -0.2) is 4.98 Å². The number of hydrogen-bond donors (Lipinski definition) is 1. The first-order valence-electron chi connectivity index (χ1n) is 7.00. The van der Waals surface area contributed by atoms with Crippen LogP contribution in [0.15, 0.2) is 16.7 Å². The topological polar surface area (TPSA) is 28.2 Å². The highest BCUT2D eigenvalue weighted by atomic mass is 79.9. The number of halogens is 1. The molecule has 4 heteroatoms. The van der Waals surface area contributed by atoms with E-state index in [0.29, 0.717) is 6.04 Å². The normalized spacial score (nSPS) is 20.1. The summed E-state index contributed by atoms with van der Waals surface area (Å²) < 4.78 is 1.05. The van der Waals surface area contributed by atoms with Gasteiger partial charge in [0.15, 0.2) is 0 Å². The maximum absolute atomic E-state index is 4.61. The standard InChI is InChI=1S/C15H24BrN3/c1-11-8-12(16)9-17-14(11)19-7-5-6-13(19)10-18-15(2,3)4/h8-9,13,18H,5-7,10H2,1-4H3. The fourth-order valence-electron chi connectivity index (χ4n) is 2.58. The predicted molar refractivity (Wildman–Crippen MR) is 84.8 cm³/mol. The van der Waals surface area contributed by atoms with Crippen molar-refractivity contribution in [3.05, 3.63) is 22.3 Å². The molecule has 1 saturated heterocycles. The van der Waals surface area contributed by atoms with Crippen LogP contribution in [-0.2, 0) is 0 Å². The Labute approximate surface area is 124 Å². The van der Waals surface area contributed by atoms with Crippen LogP contribution in [0.1, 0.15) is 39.2 Å². The molecule has 1 atom stereocenters. The summed E-state index contributed by atoms with van der Waals surface area (Å²) in [6, 6.07) is 2.71. The van der Waals surface area contributed by atoms with E-state index in [0.717, 1.165) is 23.4 Å². The summed E-state index contributed by atoms with van der Waals surface area (Å²) in [6.45, 7) is 10.9. The lowest BCUT2D eigenvalue weighted by Crippen LogP contribution is -2.45. The Morgan fingerprint density at radius 2 is 2.21 bits per heavy atom. The van der Waals surface area contributed by atoms with E-state index in [2.05, 4.69) is 64.9 Å². The van der Waals surface area contributed by atoms with Crippen LogP contribution in [0.25, 0.3) is 0 Å². The summed E-state index contributed by atoms with van der Waals surface area (Å²) in [4.78, 5) is 7.06. The molecule has 1 aromatic heterocycles. The lowest BCUT2D eigenvalue weighted by molar-refractivity contribution is 0.404. The molecule has 0 aliphatic carbocycles. The molecule has 0 radical (unpaired) electrons. The predicted octanol–water partition coefficient (Wildman–Crippen LogP) is 3.51. The molecule has 19 heavy (non-hydrogen) atoms. The second-order valence-corrected chi connectivity index (χ2v) is 7.33. The van der Waals surface area contributed by atoms with Crippen molar-refractivity contribution in [3.63, 3.8) is 0 Å². The summed E-state index contributed by atoms with van der Waals surface area (Å²) in [6.07, 6.45) is 4.41. The Morgan fingerprint density at radius 3 is 2.84 bits per heavy atom. The molecular formula is C15H24BrN3. The van der Waals surface area contributed by atoms with Gasteiger partial charge < -0.3 is 10.2 Å². The minimum atomic E-state index is 0.177. The maximum atomic E-state index is 4.61. The Balaban J connectivity index is 2.10. The number of nitrogens with one attached hydrogen (secondary N) is 1. The molecule has 0 saturated carbocycles. The quantitative estimate of drug-likeness (QED) is 0.921. The third-order valence-electron chi connectivity index (χ3n) is 3.53. The van der Waals surface area contributed by atoms with Crippen LogP contribution in [-0.4, -0.2) is 29.7 Å². The highest BCUT2D eigenvalue weighted by molar-refractivity contribution is 9.10. The van der Waals surface area contributed by atoms with E-state index >= 15 is 0 Å². The Morgan fingerprint density at radius 1 is 1.47 bits per heavy atom. The van der Waals surface area contributed by atoms with Gasteiger partial charge in [0.05, 0.1) is 0 Å². The molecule has 1 fully saturated rings. The molecule has 2 rings (SSSR count). The highest BCUT2D eigenvalue weighted by Gasteiger charge is 2.27. The minimum Gasteiger partial charge on any atom is -0.352 e. The average molecular weight is 326 g/mol. The zero-order chi connectivity index (χ0) is 14.0. The first-order chi connectivity index (χ1) is 8.87. The van der Waals surface area contributed by atoms with E-state index in [-0.39, 0.29) is 5.54 Å². The molecule has 1 aromatic rings. The Hall–Kier alpha value is -0.610. The smallest absolute Gasteiger partial charge is 0.131 e. The molecule has 1 aliphatic rings. The lowest BCUT2D eigenvalue weighted by Gasteiger charge is -2.30. The first-order valence-corrected chi connectivity index (χ1v) is 7.80. The molecule has 1 unspecified atom stereocenters. The van der Waals surface area contributed by atoms with Crippen LogP contribution >= 0.6 is 15.9 Å². The van der Waals surface area contributed by atoms with Gasteiger partial charge in [-0.2, -0.15) is 0 Å². The van der Waals surface area contributed by atoms with Crippen molar-refractivity contribution in [2.24, 2.45) is 0 Å². The van der Waals surface area contributed by atoms with Gasteiger partial charge in [0.25, 0.3) is 0 Å². The minimum absolute atomic E-state index is 0.177. The van der Waals surface area contributed by atoms with Gasteiger partial charge in [-0.3, -0.25) is 0 Å². The van der Waals surface area contributed by atoms with Crippen LogP contribution < -0.4 is 10.2 Å². The van der Waals surface area contributed by atoms with Crippen molar-refractivity contribution < 1.29 is 0 Å². The molecule has 0 aromatic carbocycles. The van der Waals surface area contributed by atoms with E-state index < -0.39 is 0 Å². The number of anilines is 1. The van der Waals surface area contributed by atoms with Crippen molar-refractivity contribution in [1.29, 1.82) is 0 Å². The molecule has 0 amide bonds. The number of aryl methyl sites for hydroxylation is 1. The van der Waals surface area contributed by atoms with E-state index in [4.69, 9.17) is 0 Å². The van der Waals surface area contributed by atoms with Gasteiger partial charge >= 0.3 is 0 Å². The van der Waals surface area contributed by atoms with E-state index in [1.54, 1.807) is 0 Å². The first kappa shape index (κ1) is 14.8. The van der Waals surface area contributed by atoms with Gasteiger partial charge in [-0.1, -0.05) is 0 Å². The summed E-state index contributed by atoms with van der Waals surface area (Å²) in [5.74, 6) is 1.14. The van der Waals surface area contributed by atoms with E-state index in [9.17, 15) is 0 Å². The van der Waals surface area contributed by atoms with Gasteiger partial charge in [0, 0.05) is 35.3 Å². The number of rotatable bonds is 3. The Bertz CT molecular complexity index is 440. The highest BCUT2D eigenvalue weighted by Crippen LogP contribution is 2.28. The van der Waals surface area contributed by atoms with Gasteiger partial charge in [-0.05, 0) is 68.1 Å². The fraction of sp³-hybridized carbons (Fsp3) is 0.667. The monoisotopic (exact) mass is 325 g/mol. The van der Waals surface area contributed by atoms with Crippen molar-refractivity contribution in [3.8, 4) is 0 Å². The van der Waals surface area contributed by atoms with Crippen LogP contribution in [0.5, 0.6) is 0 Å². The molecule has 0 spiro atoms. The molecule has 2 heterocycles. The summed E-state index contributed by atoms with van der Waals surface area (Å²) in [5.41, 5.74) is 1.42. The third kappa shape index (κ3) is 3.93. The van der Waals surface area contributed by atoms with Gasteiger partial charge in [0.2, 0.25) is 0 Å². The average Bonchev–Trinajstić information content (AvgIpc) is 2.73. The van der Waals surface area contributed by atoms with Crippen molar-refractivity contribution in [2.75, 3.05) is 18.0 Å². The second-order valence-electron chi connectivity index (χ2n) is 6.41. The number of nitrogens with zero attached hydrogens (tertiary/aromatic N) is 2. The van der Waals surface area contributed by atoms with Crippen molar-refractivity contribution in [2.45, 2.75) is 52.1 Å². The zero-order valence-electron chi connectivity index (χ0n) is 12.3. The fourth-order valence-corrected chi connectivity index (χ4v) is 3.03. The molecule has 3 nitrogen and oxygen atoms in total. The van der Waals surface area contributed by atoms with E-state index in [1.165, 1.54) is 18.4 Å². The number of aromatic nitrogens is 1. The Kier molecular flexibility index (Phi) is 4.51. The molecule has 0 bridgehead atoms. The van der Waals surface area contributed by atoms with E-state index in [1.807, 2.05) is 6.20 Å². The van der Waals surface area contributed by atoms with Crippen LogP contribution in [0, 0.1) is 6.92 Å². The largest absolute Gasteiger partial charge is 0.352 e. The molecular weight excluding hydrogens is 302 g/mol. The summed E-state index contributed by atoms with van der Waals surface area (Å²) >= 11 is 3.48. The van der Waals surface area contributed by atoms with Crippen molar-refractivity contribution >= 4 is 21.7 Å². The number of hydrogen-bond acceptors (Lipinski definition) is 3. The summed E-state index contributed by atoms with van der Waals surface area (Å²) in [5, 5.41) is 3.62.